The van der Waals surface area contributed by atoms with Gasteiger partial charge in [0, 0.05) is 6.04 Å². The summed E-state index contributed by atoms with van der Waals surface area (Å²) in [6.45, 7) is 6.26. The summed E-state index contributed by atoms with van der Waals surface area (Å²) in [5.41, 5.74) is 5.27. The number of rotatable bonds is 0. The van der Waals surface area contributed by atoms with E-state index < -0.39 is 5.60 Å². The molecule has 0 aromatic heterocycles. The van der Waals surface area contributed by atoms with E-state index in [1.807, 2.05) is 0 Å². The fourth-order valence-corrected chi connectivity index (χ4v) is 1.98. The Morgan fingerprint density at radius 2 is 2.00 bits per heavy atom. The van der Waals surface area contributed by atoms with E-state index in [1.165, 1.54) is 0 Å². The van der Waals surface area contributed by atoms with Crippen LogP contribution in [0.3, 0.4) is 0 Å². The first kappa shape index (κ1) is 10.0. The summed E-state index contributed by atoms with van der Waals surface area (Å²) in [6, 6.07) is 0.197. The van der Waals surface area contributed by atoms with Gasteiger partial charge in [-0.3, -0.25) is 0 Å². The van der Waals surface area contributed by atoms with E-state index >= 15 is 0 Å². The zero-order valence-electron chi connectivity index (χ0n) is 8.43. The summed E-state index contributed by atoms with van der Waals surface area (Å²) < 4.78 is 0. The van der Waals surface area contributed by atoms with Crippen LogP contribution in [-0.2, 0) is 0 Å². The van der Waals surface area contributed by atoms with Crippen LogP contribution in [0.4, 0.5) is 0 Å². The molecule has 0 aromatic carbocycles. The molecule has 0 bridgehead atoms. The molecule has 0 aliphatic heterocycles. The minimum Gasteiger partial charge on any atom is -0.389 e. The van der Waals surface area contributed by atoms with Gasteiger partial charge in [0.2, 0.25) is 0 Å². The summed E-state index contributed by atoms with van der Waals surface area (Å²) in [7, 11) is 0. The van der Waals surface area contributed by atoms with Crippen molar-refractivity contribution in [1.29, 1.82) is 0 Å². The normalized spacial score (nSPS) is 38.2. The average molecular weight is 171 g/mol. The van der Waals surface area contributed by atoms with Crippen molar-refractivity contribution < 1.29 is 5.11 Å². The average Bonchev–Trinajstić information content (AvgIpc) is 1.83. The highest BCUT2D eigenvalue weighted by molar-refractivity contribution is 4.96. The van der Waals surface area contributed by atoms with Crippen LogP contribution >= 0.6 is 0 Å². The van der Waals surface area contributed by atoms with Gasteiger partial charge in [0.25, 0.3) is 0 Å². The van der Waals surface area contributed by atoms with Crippen LogP contribution in [0.2, 0.25) is 0 Å². The van der Waals surface area contributed by atoms with Crippen molar-refractivity contribution in [3.63, 3.8) is 0 Å². The van der Waals surface area contributed by atoms with Gasteiger partial charge in [-0.2, -0.15) is 0 Å². The summed E-state index contributed by atoms with van der Waals surface area (Å²) >= 11 is 0. The Morgan fingerprint density at radius 3 is 2.33 bits per heavy atom. The lowest BCUT2D eigenvalue weighted by molar-refractivity contribution is -0.0887. The highest BCUT2D eigenvalue weighted by Gasteiger charge is 2.42. The molecule has 0 amide bonds. The third-order valence-electron chi connectivity index (χ3n) is 3.16. The van der Waals surface area contributed by atoms with Gasteiger partial charge in [0.1, 0.15) is 0 Å². The molecule has 2 nitrogen and oxygen atoms in total. The highest BCUT2D eigenvalue weighted by atomic mass is 16.3. The zero-order chi connectivity index (χ0) is 9.41. The number of hydrogen-bond donors (Lipinski definition) is 2. The first-order chi connectivity index (χ1) is 5.35. The molecule has 0 spiro atoms. The van der Waals surface area contributed by atoms with E-state index in [1.54, 1.807) is 0 Å². The molecule has 72 valence electrons. The summed E-state index contributed by atoms with van der Waals surface area (Å²) in [5.74, 6) is 0. The van der Waals surface area contributed by atoms with Gasteiger partial charge in [0.15, 0.2) is 0 Å². The second-order valence-corrected chi connectivity index (χ2v) is 5.14. The van der Waals surface area contributed by atoms with Gasteiger partial charge >= 0.3 is 0 Å². The van der Waals surface area contributed by atoms with E-state index in [-0.39, 0.29) is 11.5 Å². The van der Waals surface area contributed by atoms with Crippen molar-refractivity contribution in [3.8, 4) is 0 Å². The Kier molecular flexibility index (Phi) is 2.50. The molecule has 12 heavy (non-hydrogen) atoms. The Bertz CT molecular complexity index is 162. The molecule has 0 saturated heterocycles. The molecule has 0 heterocycles. The van der Waals surface area contributed by atoms with Crippen LogP contribution in [0.15, 0.2) is 0 Å². The summed E-state index contributed by atoms with van der Waals surface area (Å²) in [4.78, 5) is 0. The van der Waals surface area contributed by atoms with E-state index in [9.17, 15) is 5.11 Å². The third-order valence-corrected chi connectivity index (χ3v) is 3.16. The molecule has 3 N–H and O–H groups in total. The molecule has 0 radical (unpaired) electrons. The van der Waals surface area contributed by atoms with E-state index in [4.69, 9.17) is 5.73 Å². The lowest BCUT2D eigenvalue weighted by Crippen LogP contribution is -2.49. The molecule has 1 aliphatic carbocycles. The van der Waals surface area contributed by atoms with Crippen molar-refractivity contribution in [2.75, 3.05) is 0 Å². The summed E-state index contributed by atoms with van der Waals surface area (Å²) in [6.07, 6.45) is 3.80. The predicted molar refractivity (Wildman–Crippen MR) is 50.8 cm³/mol. The molecule has 2 heteroatoms. The zero-order valence-corrected chi connectivity index (χ0v) is 8.43. The molecular formula is C10H21NO. The van der Waals surface area contributed by atoms with E-state index in [0.717, 1.165) is 25.7 Å². The lowest BCUT2D eigenvalue weighted by Gasteiger charge is -2.45. The monoisotopic (exact) mass is 171 g/mol. The van der Waals surface area contributed by atoms with Gasteiger partial charge < -0.3 is 10.8 Å². The van der Waals surface area contributed by atoms with Gasteiger partial charge in [0.05, 0.1) is 5.60 Å². The largest absolute Gasteiger partial charge is 0.389 e. The van der Waals surface area contributed by atoms with Crippen molar-refractivity contribution in [1.82, 2.24) is 0 Å². The van der Waals surface area contributed by atoms with Crippen molar-refractivity contribution in [3.05, 3.63) is 0 Å². The maximum absolute atomic E-state index is 10.3. The van der Waals surface area contributed by atoms with Crippen LogP contribution in [0.1, 0.15) is 46.5 Å². The Labute approximate surface area is 75.2 Å². The first-order valence-electron chi connectivity index (χ1n) is 4.83. The van der Waals surface area contributed by atoms with Gasteiger partial charge in [-0.15, -0.1) is 0 Å². The Balaban J connectivity index is 2.70. The van der Waals surface area contributed by atoms with Crippen LogP contribution in [-0.4, -0.2) is 16.7 Å². The number of nitrogens with two attached hydrogens (primary N) is 1. The minimum atomic E-state index is -0.537. The molecule has 1 rings (SSSR count). The smallest absolute Gasteiger partial charge is 0.0710 e. The van der Waals surface area contributed by atoms with Gasteiger partial charge in [-0.25, -0.2) is 0 Å². The summed E-state index contributed by atoms with van der Waals surface area (Å²) in [5, 5.41) is 10.3. The lowest BCUT2D eigenvalue weighted by atomic mass is 9.67. The van der Waals surface area contributed by atoms with Crippen molar-refractivity contribution in [2.45, 2.75) is 58.1 Å². The van der Waals surface area contributed by atoms with Gasteiger partial charge in [-0.1, -0.05) is 20.8 Å². The standard InChI is InChI=1S/C10H21NO/c1-9(2,3)10(12)6-4-5-8(11)7-10/h8,12H,4-7,11H2,1-3H3. The topological polar surface area (TPSA) is 46.2 Å². The molecule has 0 aromatic rings. The number of aliphatic hydroxyl groups is 1. The SMILES string of the molecule is CC(C)(C)C1(O)CCCC(N)C1. The molecule has 1 saturated carbocycles. The Hall–Kier alpha value is -0.0800. The van der Waals surface area contributed by atoms with Crippen molar-refractivity contribution >= 4 is 0 Å². The van der Waals surface area contributed by atoms with Crippen LogP contribution in [0.25, 0.3) is 0 Å². The second-order valence-electron chi connectivity index (χ2n) is 5.14. The minimum absolute atomic E-state index is 0.0367. The first-order valence-corrected chi connectivity index (χ1v) is 4.83. The predicted octanol–water partition coefficient (Wildman–Crippen LogP) is 1.66. The van der Waals surface area contributed by atoms with E-state index in [0.29, 0.717) is 0 Å². The fourth-order valence-electron chi connectivity index (χ4n) is 1.98. The maximum atomic E-state index is 10.3. The quantitative estimate of drug-likeness (QED) is 0.582. The van der Waals surface area contributed by atoms with E-state index in [2.05, 4.69) is 20.8 Å². The second kappa shape index (κ2) is 3.00. The Morgan fingerprint density at radius 1 is 1.42 bits per heavy atom. The maximum Gasteiger partial charge on any atom is 0.0710 e. The molecule has 1 aliphatic rings. The molecule has 2 unspecified atom stereocenters. The van der Waals surface area contributed by atoms with Crippen LogP contribution < -0.4 is 5.73 Å². The molecule has 1 fully saturated rings. The number of hydrogen-bond acceptors (Lipinski definition) is 2. The fraction of sp³-hybridized carbons (Fsp3) is 1.00. The molecule has 2 atom stereocenters. The highest BCUT2D eigenvalue weighted by Crippen LogP contribution is 2.41. The van der Waals surface area contributed by atoms with Crippen LogP contribution in [0.5, 0.6) is 0 Å². The van der Waals surface area contributed by atoms with Crippen LogP contribution in [0, 0.1) is 5.41 Å². The third kappa shape index (κ3) is 1.80. The van der Waals surface area contributed by atoms with Crippen molar-refractivity contribution in [2.24, 2.45) is 11.1 Å². The molecular weight excluding hydrogens is 150 g/mol. The van der Waals surface area contributed by atoms with Gasteiger partial charge in [-0.05, 0) is 31.1 Å².